The number of hydrogen-bond donors (Lipinski definition) is 1. The number of thioether (sulfide) groups is 1. The molecule has 2 aliphatic carbocycles. The average molecular weight is 493 g/mol. The van der Waals surface area contributed by atoms with Gasteiger partial charge >= 0.3 is 0 Å². The Morgan fingerprint density at radius 2 is 1.63 bits per heavy atom. The van der Waals surface area contributed by atoms with Crippen LogP contribution in [-0.2, 0) is 11.3 Å². The minimum Gasteiger partial charge on any atom is -0.349 e. The summed E-state index contributed by atoms with van der Waals surface area (Å²) >= 11 is 1.70. The zero-order valence-electron chi connectivity index (χ0n) is 20.0. The van der Waals surface area contributed by atoms with Gasteiger partial charge in [-0.2, -0.15) is 0 Å². The topological polar surface area (TPSA) is 49.4 Å². The van der Waals surface area contributed by atoms with E-state index in [0.29, 0.717) is 17.4 Å². The molecule has 2 aromatic rings. The number of nitrogens with zero attached hydrogens (tertiary/aromatic N) is 1. The van der Waals surface area contributed by atoms with E-state index in [0.717, 1.165) is 48.1 Å². The molecule has 1 N–H and O–H groups in total. The average Bonchev–Trinajstić information content (AvgIpc) is 2.88. The Morgan fingerprint density at radius 1 is 0.943 bits per heavy atom. The second-order valence-corrected chi connectivity index (χ2v) is 11.3. The fraction of sp³-hybridized carbons (Fsp3) is 0.448. The molecule has 2 unspecified atom stereocenters. The van der Waals surface area contributed by atoms with E-state index < -0.39 is 0 Å². The number of hydrogen-bond acceptors (Lipinski definition) is 3. The predicted octanol–water partition coefficient (Wildman–Crippen LogP) is 6.32. The molecule has 5 rings (SSSR count). The summed E-state index contributed by atoms with van der Waals surface area (Å²) in [5.74, 6) is -0.238. The van der Waals surface area contributed by atoms with Gasteiger partial charge in [0.1, 0.15) is 5.82 Å². The Kier molecular flexibility index (Phi) is 7.57. The van der Waals surface area contributed by atoms with E-state index in [9.17, 15) is 14.0 Å². The molecular formula is C29H33FN2O2S. The zero-order chi connectivity index (χ0) is 24.2. The van der Waals surface area contributed by atoms with Gasteiger partial charge in [0.05, 0.1) is 4.91 Å². The van der Waals surface area contributed by atoms with Crippen molar-refractivity contribution in [2.24, 2.45) is 0 Å². The number of halogens is 1. The second-order valence-electron chi connectivity index (χ2n) is 10.0. The standard InChI is InChI=1S/C29H33FN2O2S/c30-23-16-12-21(13-17-23)19-32-25-8-4-5-9-26(25)35-27(29(32)34)18-20-10-14-22(15-11-20)28(33)31-24-6-2-1-3-7-24/h10-18,24-26H,1-9,19H2,(H,31,33)/b27-18-. The van der Waals surface area contributed by atoms with Crippen LogP contribution in [0.4, 0.5) is 4.39 Å². The highest BCUT2D eigenvalue weighted by Gasteiger charge is 2.40. The Morgan fingerprint density at radius 3 is 2.37 bits per heavy atom. The maximum Gasteiger partial charge on any atom is 0.260 e. The van der Waals surface area contributed by atoms with Crippen LogP contribution in [0.25, 0.3) is 6.08 Å². The molecule has 35 heavy (non-hydrogen) atoms. The van der Waals surface area contributed by atoms with Crippen LogP contribution >= 0.6 is 11.8 Å². The van der Waals surface area contributed by atoms with Crippen LogP contribution in [0.1, 0.15) is 79.3 Å². The summed E-state index contributed by atoms with van der Waals surface area (Å²) in [7, 11) is 0. The summed E-state index contributed by atoms with van der Waals surface area (Å²) in [5.41, 5.74) is 2.53. The summed E-state index contributed by atoms with van der Waals surface area (Å²) in [4.78, 5) is 28.9. The lowest BCUT2D eigenvalue weighted by atomic mass is 9.92. The minimum absolute atomic E-state index is 0.0188. The first-order chi connectivity index (χ1) is 17.1. The Labute approximate surface area is 211 Å². The summed E-state index contributed by atoms with van der Waals surface area (Å²) in [6, 6.07) is 14.5. The van der Waals surface area contributed by atoms with E-state index >= 15 is 0 Å². The van der Waals surface area contributed by atoms with Gasteiger partial charge < -0.3 is 10.2 Å². The van der Waals surface area contributed by atoms with Crippen molar-refractivity contribution < 1.29 is 14.0 Å². The van der Waals surface area contributed by atoms with Gasteiger partial charge in [-0.1, -0.05) is 56.4 Å². The van der Waals surface area contributed by atoms with E-state index in [1.165, 1.54) is 37.8 Å². The summed E-state index contributed by atoms with van der Waals surface area (Å²) < 4.78 is 13.4. The highest BCUT2D eigenvalue weighted by Crippen LogP contribution is 2.42. The lowest BCUT2D eigenvalue weighted by Gasteiger charge is -2.44. The summed E-state index contributed by atoms with van der Waals surface area (Å²) in [6.45, 7) is 0.498. The number of nitrogens with one attached hydrogen (secondary N) is 1. The van der Waals surface area contributed by atoms with E-state index in [4.69, 9.17) is 0 Å². The Balaban J connectivity index is 1.31. The van der Waals surface area contributed by atoms with E-state index in [-0.39, 0.29) is 29.7 Å². The van der Waals surface area contributed by atoms with Crippen molar-refractivity contribution in [1.82, 2.24) is 10.2 Å². The first-order valence-electron chi connectivity index (χ1n) is 12.9. The van der Waals surface area contributed by atoms with Gasteiger partial charge in [0.15, 0.2) is 0 Å². The number of rotatable bonds is 5. The largest absolute Gasteiger partial charge is 0.349 e. The van der Waals surface area contributed by atoms with Crippen molar-refractivity contribution >= 4 is 29.7 Å². The van der Waals surface area contributed by atoms with Crippen LogP contribution in [0.3, 0.4) is 0 Å². The molecule has 3 fully saturated rings. The van der Waals surface area contributed by atoms with E-state index in [2.05, 4.69) is 5.32 Å². The third-order valence-corrected chi connectivity index (χ3v) is 8.89. The van der Waals surface area contributed by atoms with Gasteiger partial charge in [-0.15, -0.1) is 11.8 Å². The van der Waals surface area contributed by atoms with Crippen molar-refractivity contribution in [1.29, 1.82) is 0 Å². The SMILES string of the molecule is O=C(NC1CCCCC1)c1ccc(/C=C2\SC3CCCCC3N(Cc3ccc(F)cc3)C2=O)cc1. The van der Waals surface area contributed by atoms with Gasteiger partial charge in [-0.25, -0.2) is 4.39 Å². The van der Waals surface area contributed by atoms with Crippen molar-refractivity contribution in [3.05, 3.63) is 75.9 Å². The molecule has 2 atom stereocenters. The molecule has 4 nitrogen and oxygen atoms in total. The van der Waals surface area contributed by atoms with Gasteiger partial charge in [-0.05, 0) is 67.2 Å². The number of amides is 2. The second kappa shape index (κ2) is 11.0. The van der Waals surface area contributed by atoms with Crippen LogP contribution in [0.15, 0.2) is 53.4 Å². The molecule has 1 heterocycles. The highest BCUT2D eigenvalue weighted by atomic mass is 32.2. The highest BCUT2D eigenvalue weighted by molar-refractivity contribution is 8.04. The summed E-state index contributed by atoms with van der Waals surface area (Å²) in [6.07, 6.45) is 12.1. The predicted molar refractivity (Wildman–Crippen MR) is 139 cm³/mol. The molecule has 0 bridgehead atoms. The molecular weight excluding hydrogens is 459 g/mol. The Hall–Kier alpha value is -2.60. The van der Waals surface area contributed by atoms with Gasteiger partial charge in [0, 0.05) is 29.4 Å². The van der Waals surface area contributed by atoms with Crippen molar-refractivity contribution in [2.75, 3.05) is 0 Å². The first kappa shape index (κ1) is 24.1. The van der Waals surface area contributed by atoms with Gasteiger partial charge in [-0.3, -0.25) is 9.59 Å². The molecule has 1 aliphatic heterocycles. The van der Waals surface area contributed by atoms with Crippen LogP contribution in [0.2, 0.25) is 0 Å². The van der Waals surface area contributed by atoms with Crippen LogP contribution in [-0.4, -0.2) is 34.0 Å². The first-order valence-corrected chi connectivity index (χ1v) is 13.8. The van der Waals surface area contributed by atoms with Crippen LogP contribution < -0.4 is 5.32 Å². The number of fused-ring (bicyclic) bond motifs is 1. The molecule has 3 aliphatic rings. The van der Waals surface area contributed by atoms with Crippen molar-refractivity contribution in [3.63, 3.8) is 0 Å². The maximum absolute atomic E-state index is 13.6. The third-order valence-electron chi connectivity index (χ3n) is 7.50. The third kappa shape index (κ3) is 5.80. The van der Waals surface area contributed by atoms with Crippen molar-refractivity contribution in [2.45, 2.75) is 81.7 Å². The molecule has 0 spiro atoms. The molecule has 6 heteroatoms. The molecule has 2 aromatic carbocycles. The van der Waals surface area contributed by atoms with Gasteiger partial charge in [0.2, 0.25) is 0 Å². The van der Waals surface area contributed by atoms with E-state index in [1.54, 1.807) is 23.9 Å². The molecule has 2 saturated carbocycles. The number of carbonyl (C=O) groups excluding carboxylic acids is 2. The summed E-state index contributed by atoms with van der Waals surface area (Å²) in [5, 5.41) is 3.55. The molecule has 0 aromatic heterocycles. The molecule has 0 radical (unpaired) electrons. The van der Waals surface area contributed by atoms with Crippen molar-refractivity contribution in [3.8, 4) is 0 Å². The van der Waals surface area contributed by atoms with Crippen LogP contribution in [0.5, 0.6) is 0 Å². The fourth-order valence-corrected chi connectivity index (χ4v) is 7.02. The smallest absolute Gasteiger partial charge is 0.260 e. The monoisotopic (exact) mass is 492 g/mol. The normalized spacial score (nSPS) is 24.3. The number of carbonyl (C=O) groups is 2. The lowest BCUT2D eigenvalue weighted by Crippen LogP contribution is -2.50. The quantitative estimate of drug-likeness (QED) is 0.497. The fourth-order valence-electron chi connectivity index (χ4n) is 5.55. The minimum atomic E-state index is -0.263. The van der Waals surface area contributed by atoms with Crippen LogP contribution in [0, 0.1) is 5.82 Å². The lowest BCUT2D eigenvalue weighted by molar-refractivity contribution is -0.130. The molecule has 2 amide bonds. The number of benzene rings is 2. The maximum atomic E-state index is 13.6. The molecule has 184 valence electrons. The van der Waals surface area contributed by atoms with Gasteiger partial charge in [0.25, 0.3) is 11.8 Å². The molecule has 1 saturated heterocycles. The zero-order valence-corrected chi connectivity index (χ0v) is 20.9. The Bertz CT molecular complexity index is 1080. The van der Waals surface area contributed by atoms with E-state index in [1.807, 2.05) is 35.2 Å².